The van der Waals surface area contributed by atoms with Crippen LogP contribution in [0.1, 0.15) is 22.3 Å². The summed E-state index contributed by atoms with van der Waals surface area (Å²) in [5.74, 6) is 0. The normalized spacial score (nSPS) is 11.0. The maximum absolute atomic E-state index is 11.1. The second kappa shape index (κ2) is 10.5. The summed E-state index contributed by atoms with van der Waals surface area (Å²) in [5, 5.41) is 34.7. The van der Waals surface area contributed by atoms with Crippen LogP contribution in [0.15, 0.2) is 115 Å². The van der Waals surface area contributed by atoms with Gasteiger partial charge in [0.05, 0.1) is 57.8 Å². The van der Waals surface area contributed by atoms with Crippen molar-refractivity contribution in [1.29, 1.82) is 15.8 Å². The molecule has 0 bridgehead atoms. The van der Waals surface area contributed by atoms with E-state index in [0.29, 0.717) is 33.8 Å². The minimum Gasteiger partial charge on any atom is -0.309 e. The van der Waals surface area contributed by atoms with Gasteiger partial charge >= 0.3 is 0 Å². The quantitative estimate of drug-likeness (QED) is 0.190. The number of nitrogens with zero attached hydrogens (tertiary/aromatic N) is 6. The number of para-hydroxylation sites is 2. The summed E-state index contributed by atoms with van der Waals surface area (Å²) in [6.07, 6.45) is 0. The van der Waals surface area contributed by atoms with Crippen LogP contribution in [0.3, 0.4) is 0 Å². The van der Waals surface area contributed by atoms with E-state index in [2.05, 4.69) is 44.3 Å². The van der Waals surface area contributed by atoms with Gasteiger partial charge in [-0.3, -0.25) is 0 Å². The zero-order valence-electron chi connectivity index (χ0n) is 25.2. The van der Waals surface area contributed by atoms with Crippen LogP contribution in [-0.2, 0) is 0 Å². The molecule has 2 aromatic heterocycles. The lowest BCUT2D eigenvalue weighted by Gasteiger charge is -2.19. The number of aromatic nitrogens is 2. The molecule has 216 valence electrons. The number of hydrogen-bond acceptors (Lipinski definition) is 3. The van der Waals surface area contributed by atoms with Gasteiger partial charge in [0.2, 0.25) is 0 Å². The van der Waals surface area contributed by atoms with Crippen LogP contribution in [-0.4, -0.2) is 9.13 Å². The lowest BCUT2D eigenvalue weighted by Crippen LogP contribution is -2.05. The van der Waals surface area contributed by atoms with E-state index in [4.69, 9.17) is 6.57 Å². The zero-order valence-corrected chi connectivity index (χ0v) is 25.2. The molecule has 0 aliphatic carbocycles. The molecule has 0 unspecified atom stereocenters. The Labute approximate surface area is 270 Å². The second-order valence-electron chi connectivity index (χ2n) is 11.6. The van der Waals surface area contributed by atoms with Crippen molar-refractivity contribution in [2.24, 2.45) is 0 Å². The van der Waals surface area contributed by atoms with Gasteiger partial charge in [0.15, 0.2) is 5.69 Å². The number of rotatable bonds is 3. The highest BCUT2D eigenvalue weighted by atomic mass is 15.0. The summed E-state index contributed by atoms with van der Waals surface area (Å²) in [7, 11) is 0. The summed E-state index contributed by atoms with van der Waals surface area (Å²) in [6, 6.07) is 44.2. The monoisotopic (exact) mass is 598 g/mol. The van der Waals surface area contributed by atoms with Gasteiger partial charge < -0.3 is 9.13 Å². The predicted octanol–water partition coefficient (Wildman–Crippen LogP) is 10.0. The van der Waals surface area contributed by atoms with E-state index < -0.39 is 0 Å². The van der Waals surface area contributed by atoms with E-state index in [-0.39, 0.29) is 0 Å². The maximum Gasteiger partial charge on any atom is 0.189 e. The molecule has 0 radical (unpaired) electrons. The van der Waals surface area contributed by atoms with Crippen molar-refractivity contribution >= 4 is 49.3 Å². The molecule has 6 aromatic carbocycles. The molecule has 0 N–H and O–H groups in total. The predicted molar refractivity (Wildman–Crippen MR) is 186 cm³/mol. The Balaban J connectivity index is 1.59. The average Bonchev–Trinajstić information content (AvgIpc) is 3.62. The van der Waals surface area contributed by atoms with Gasteiger partial charge in [-0.15, -0.1) is 0 Å². The highest BCUT2D eigenvalue weighted by Crippen LogP contribution is 2.41. The van der Waals surface area contributed by atoms with Gasteiger partial charge in [0, 0.05) is 27.1 Å². The number of nitriles is 3. The molecule has 0 amide bonds. The van der Waals surface area contributed by atoms with Crippen molar-refractivity contribution in [2.75, 3.05) is 0 Å². The first-order valence-corrected chi connectivity index (χ1v) is 15.0. The Morgan fingerprint density at radius 1 is 0.532 bits per heavy atom. The molecule has 0 aliphatic rings. The topological polar surface area (TPSA) is 85.6 Å². The van der Waals surface area contributed by atoms with Gasteiger partial charge in [0.25, 0.3) is 0 Å². The molecule has 6 heteroatoms. The molecule has 8 aromatic rings. The van der Waals surface area contributed by atoms with Crippen LogP contribution < -0.4 is 0 Å². The van der Waals surface area contributed by atoms with E-state index in [1.807, 2.05) is 110 Å². The molecule has 0 fully saturated rings. The molecule has 0 aliphatic heterocycles. The second-order valence-corrected chi connectivity index (χ2v) is 11.6. The van der Waals surface area contributed by atoms with Crippen molar-refractivity contribution in [2.45, 2.75) is 6.92 Å². The smallest absolute Gasteiger partial charge is 0.189 e. The highest BCUT2D eigenvalue weighted by Gasteiger charge is 2.23. The fraction of sp³-hybridized carbons (Fsp3) is 0.0244. The van der Waals surface area contributed by atoms with Crippen LogP contribution >= 0.6 is 0 Å². The largest absolute Gasteiger partial charge is 0.309 e. The van der Waals surface area contributed by atoms with E-state index in [0.717, 1.165) is 60.3 Å². The third kappa shape index (κ3) is 4.15. The average molecular weight is 599 g/mol. The van der Waals surface area contributed by atoms with Crippen LogP contribution in [0, 0.1) is 47.5 Å². The zero-order chi connectivity index (χ0) is 32.2. The van der Waals surface area contributed by atoms with Crippen molar-refractivity contribution in [1.82, 2.24) is 9.13 Å². The molecule has 47 heavy (non-hydrogen) atoms. The third-order valence-electron chi connectivity index (χ3n) is 8.82. The molecule has 0 saturated heterocycles. The number of hydrogen-bond donors (Lipinski definition) is 0. The van der Waals surface area contributed by atoms with Crippen molar-refractivity contribution < 1.29 is 0 Å². The molecule has 6 nitrogen and oxygen atoms in total. The first kappa shape index (κ1) is 27.4. The van der Waals surface area contributed by atoms with Crippen molar-refractivity contribution in [3.05, 3.63) is 149 Å². The van der Waals surface area contributed by atoms with Crippen molar-refractivity contribution in [3.63, 3.8) is 0 Å². The Morgan fingerprint density at radius 2 is 1.09 bits per heavy atom. The molecule has 8 rings (SSSR count). The molecule has 0 saturated carbocycles. The van der Waals surface area contributed by atoms with E-state index in [1.54, 1.807) is 0 Å². The molecule has 0 spiro atoms. The Morgan fingerprint density at radius 3 is 1.68 bits per heavy atom. The summed E-state index contributed by atoms with van der Waals surface area (Å²) < 4.78 is 4.14. The number of fused-ring (bicyclic) bond motifs is 6. The van der Waals surface area contributed by atoms with Gasteiger partial charge in [-0.05, 0) is 78.2 Å². The standard InChI is InChI=1S/C41H22N6/c1-25-15-27(23-43)17-28(16-25)29-19-39(46-36-9-5-3-7-31(36)33-13-11-26(22-42)18-38(33)46)35(24-44)40(20-29)47-37-10-6-4-8-32(37)34-14-12-30(45-2)21-41(34)47/h3-21H,1H3. The summed E-state index contributed by atoms with van der Waals surface area (Å²) >= 11 is 0. The Bertz CT molecular complexity index is 2650. The lowest BCUT2D eigenvalue weighted by atomic mass is 9.97. The van der Waals surface area contributed by atoms with E-state index >= 15 is 0 Å². The number of benzene rings is 6. The molecule has 2 heterocycles. The van der Waals surface area contributed by atoms with Gasteiger partial charge in [0.1, 0.15) is 11.6 Å². The first-order chi connectivity index (χ1) is 23.0. The van der Waals surface area contributed by atoms with Crippen LogP contribution in [0.25, 0.3) is 71.0 Å². The maximum atomic E-state index is 11.1. The SMILES string of the molecule is [C-]#[N+]c1ccc2c3ccccc3n(-c3cc(-c4cc(C)cc(C#N)c4)cc(-n4c5ccccc5c5ccc(C#N)cc54)c3C#N)c2c1. The third-order valence-corrected chi connectivity index (χ3v) is 8.82. The van der Waals surface area contributed by atoms with Crippen LogP contribution in [0.2, 0.25) is 0 Å². The van der Waals surface area contributed by atoms with Crippen molar-refractivity contribution in [3.8, 4) is 40.7 Å². The van der Waals surface area contributed by atoms with Gasteiger partial charge in [-0.2, -0.15) is 15.8 Å². The van der Waals surface area contributed by atoms with Crippen LogP contribution in [0.5, 0.6) is 0 Å². The molecular formula is C41H22N6. The summed E-state index contributed by atoms with van der Waals surface area (Å²) in [6.45, 7) is 9.70. The lowest BCUT2D eigenvalue weighted by molar-refractivity contribution is 1.12. The highest BCUT2D eigenvalue weighted by molar-refractivity contribution is 6.12. The minimum absolute atomic E-state index is 0.433. The summed E-state index contributed by atoms with van der Waals surface area (Å²) in [5.41, 5.74) is 9.33. The number of aryl methyl sites for hydroxylation is 1. The molecule has 0 atom stereocenters. The van der Waals surface area contributed by atoms with E-state index in [1.165, 1.54) is 0 Å². The fourth-order valence-corrected chi connectivity index (χ4v) is 6.85. The van der Waals surface area contributed by atoms with E-state index in [9.17, 15) is 15.8 Å². The van der Waals surface area contributed by atoms with Crippen LogP contribution in [0.4, 0.5) is 5.69 Å². The Kier molecular flexibility index (Phi) is 6.13. The first-order valence-electron chi connectivity index (χ1n) is 15.0. The Hall–Kier alpha value is -7.12. The van der Waals surface area contributed by atoms with Gasteiger partial charge in [-0.1, -0.05) is 60.7 Å². The fourth-order valence-electron chi connectivity index (χ4n) is 6.85. The van der Waals surface area contributed by atoms with Gasteiger partial charge in [-0.25, -0.2) is 4.85 Å². The molecular weight excluding hydrogens is 576 g/mol. The summed E-state index contributed by atoms with van der Waals surface area (Å²) in [4.78, 5) is 3.72. The minimum atomic E-state index is 0.433.